The predicted octanol–water partition coefficient (Wildman–Crippen LogP) is 5.83. The number of anilines is 1. The third-order valence-corrected chi connectivity index (χ3v) is 10.3. The molecule has 6 nitrogen and oxygen atoms in total. The van der Waals surface area contributed by atoms with E-state index in [2.05, 4.69) is 22.5 Å². The van der Waals surface area contributed by atoms with Crippen LogP contribution in [-0.4, -0.2) is 31.7 Å². The number of pyridine rings is 1. The fraction of sp³-hybridized carbons (Fsp3) is 0.360. The lowest BCUT2D eigenvalue weighted by Gasteiger charge is -2.23. The molecule has 2 heterocycles. The maximum atomic E-state index is 13.0. The summed E-state index contributed by atoms with van der Waals surface area (Å²) in [6.45, 7) is 3.37. The third-order valence-electron chi connectivity index (χ3n) is 6.88. The van der Waals surface area contributed by atoms with Crippen molar-refractivity contribution in [2.75, 3.05) is 11.6 Å². The zero-order chi connectivity index (χ0) is 24.3. The number of rotatable bonds is 6. The summed E-state index contributed by atoms with van der Waals surface area (Å²) < 4.78 is 30.4. The van der Waals surface area contributed by atoms with Gasteiger partial charge in [-0.1, -0.05) is 29.8 Å². The number of allylic oxidation sites excluding steroid dienone is 1. The van der Waals surface area contributed by atoms with Gasteiger partial charge in [-0.3, -0.25) is 4.79 Å². The van der Waals surface area contributed by atoms with Crippen molar-refractivity contribution in [1.82, 2.24) is 4.98 Å². The summed E-state index contributed by atoms with van der Waals surface area (Å²) in [5.41, 5.74) is 1.19. The Bertz CT molecular complexity index is 1430. The molecule has 1 N–H and O–H groups in total. The molecule has 0 radical (unpaired) electrons. The zero-order valence-electron chi connectivity index (χ0n) is 19.0. The number of carbonyl (C=O) groups is 1. The third kappa shape index (κ3) is 4.34. The van der Waals surface area contributed by atoms with E-state index in [0.29, 0.717) is 33.8 Å². The zero-order valence-corrected chi connectivity index (χ0v) is 21.4. The van der Waals surface area contributed by atoms with Crippen LogP contribution >= 0.6 is 22.9 Å². The van der Waals surface area contributed by atoms with Gasteiger partial charge in [0, 0.05) is 28.6 Å². The van der Waals surface area contributed by atoms with Gasteiger partial charge in [0.1, 0.15) is 11.3 Å². The minimum atomic E-state index is -3.30. The first kappa shape index (κ1) is 23.3. The number of halogens is 1. The van der Waals surface area contributed by atoms with E-state index in [4.69, 9.17) is 16.3 Å². The van der Waals surface area contributed by atoms with Gasteiger partial charge in [-0.15, -0.1) is 11.3 Å². The number of sulfone groups is 1. The second-order valence-corrected chi connectivity index (χ2v) is 13.6. The molecule has 34 heavy (non-hydrogen) atoms. The highest BCUT2D eigenvalue weighted by Crippen LogP contribution is 2.41. The van der Waals surface area contributed by atoms with Gasteiger partial charge in [0.05, 0.1) is 9.62 Å². The van der Waals surface area contributed by atoms with Crippen molar-refractivity contribution < 1.29 is 17.9 Å². The van der Waals surface area contributed by atoms with Crippen LogP contribution in [0.15, 0.2) is 48.6 Å². The number of hydrogen-bond donors (Lipinski definition) is 1. The summed E-state index contributed by atoms with van der Waals surface area (Å²) in [6, 6.07) is 10.6. The molecule has 3 atom stereocenters. The molecule has 178 valence electrons. The highest BCUT2D eigenvalue weighted by molar-refractivity contribution is 7.91. The molecular weight excluding hydrogens is 492 g/mol. The first-order chi connectivity index (χ1) is 16.0. The van der Waals surface area contributed by atoms with Crippen LogP contribution in [0.25, 0.3) is 10.1 Å². The number of nitrogens with one attached hydrogen (secondary N) is 1. The Kier molecular flexibility index (Phi) is 5.73. The number of amides is 1. The summed E-state index contributed by atoms with van der Waals surface area (Å²) in [5.74, 6) is 1.10. The Morgan fingerprint density at radius 2 is 1.97 bits per heavy atom. The minimum absolute atomic E-state index is 0.0810. The highest BCUT2D eigenvalue weighted by Gasteiger charge is 2.37. The normalized spacial score (nSPS) is 21.8. The number of ether oxygens (including phenoxy) is 1. The van der Waals surface area contributed by atoms with Gasteiger partial charge in [0.2, 0.25) is 5.88 Å². The average molecular weight is 517 g/mol. The smallest absolute Gasteiger partial charge is 0.265 e. The van der Waals surface area contributed by atoms with Crippen molar-refractivity contribution in [2.24, 2.45) is 11.8 Å². The van der Waals surface area contributed by atoms with Crippen molar-refractivity contribution in [2.45, 2.75) is 37.5 Å². The number of fused-ring (bicyclic) bond motifs is 3. The molecule has 2 aliphatic carbocycles. The summed E-state index contributed by atoms with van der Waals surface area (Å²) >= 11 is 7.55. The fourth-order valence-electron chi connectivity index (χ4n) is 4.56. The van der Waals surface area contributed by atoms with Crippen molar-refractivity contribution in [3.05, 3.63) is 64.1 Å². The number of aromatic nitrogens is 1. The van der Waals surface area contributed by atoms with Crippen molar-refractivity contribution in [3.8, 4) is 5.88 Å². The Morgan fingerprint density at radius 3 is 2.65 bits per heavy atom. The molecule has 2 bridgehead atoms. The molecule has 2 aromatic heterocycles. The molecule has 3 aromatic rings. The van der Waals surface area contributed by atoms with E-state index in [1.807, 2.05) is 12.1 Å². The van der Waals surface area contributed by atoms with E-state index >= 15 is 0 Å². The number of benzene rings is 1. The Hall–Kier alpha value is -2.42. The lowest BCUT2D eigenvalue weighted by molar-refractivity contribution is 0.103. The quantitative estimate of drug-likeness (QED) is 0.329. The summed E-state index contributed by atoms with van der Waals surface area (Å²) in [6.07, 6.45) is 7.85. The summed E-state index contributed by atoms with van der Waals surface area (Å²) in [4.78, 5) is 17.8. The molecular formula is C25H25ClN2O4S2. The second-order valence-electron chi connectivity index (χ2n) is 9.55. The van der Waals surface area contributed by atoms with Gasteiger partial charge < -0.3 is 10.1 Å². The largest absolute Gasteiger partial charge is 0.474 e. The molecule has 0 saturated heterocycles. The van der Waals surface area contributed by atoms with Crippen molar-refractivity contribution in [1.29, 1.82) is 0 Å². The van der Waals surface area contributed by atoms with Crippen LogP contribution in [0.1, 0.15) is 41.9 Å². The SMILES string of the molecule is CC(C)(c1ccc2sc(C(=O)Nc3cc(Cl)nc(OC4CC5C=CC4C5)c3)cc2c1)S(C)(=O)=O. The van der Waals surface area contributed by atoms with E-state index < -0.39 is 14.6 Å². The molecule has 3 unspecified atom stereocenters. The van der Waals surface area contributed by atoms with Gasteiger partial charge in [0.25, 0.3) is 5.91 Å². The molecule has 5 rings (SSSR count). The summed E-state index contributed by atoms with van der Waals surface area (Å²) in [7, 11) is -3.30. The molecule has 1 amide bonds. The molecule has 0 aliphatic heterocycles. The van der Waals surface area contributed by atoms with Crippen LogP contribution in [-0.2, 0) is 14.6 Å². The number of thiophene rings is 1. The van der Waals surface area contributed by atoms with Gasteiger partial charge in [-0.05, 0) is 67.8 Å². The Morgan fingerprint density at radius 1 is 1.18 bits per heavy atom. The van der Waals surface area contributed by atoms with Gasteiger partial charge >= 0.3 is 0 Å². The topological polar surface area (TPSA) is 85.4 Å². The van der Waals surface area contributed by atoms with Crippen LogP contribution in [0.4, 0.5) is 5.69 Å². The molecule has 9 heteroatoms. The van der Waals surface area contributed by atoms with E-state index in [9.17, 15) is 13.2 Å². The van der Waals surface area contributed by atoms with Gasteiger partial charge in [0.15, 0.2) is 9.84 Å². The summed E-state index contributed by atoms with van der Waals surface area (Å²) in [5, 5.41) is 3.96. The van der Waals surface area contributed by atoms with Crippen molar-refractivity contribution in [3.63, 3.8) is 0 Å². The van der Waals surface area contributed by atoms with E-state index in [-0.39, 0.29) is 17.2 Å². The maximum absolute atomic E-state index is 13.0. The molecule has 1 aromatic carbocycles. The van der Waals surface area contributed by atoms with Crippen LogP contribution in [0.5, 0.6) is 5.88 Å². The molecule has 1 fully saturated rings. The minimum Gasteiger partial charge on any atom is -0.474 e. The predicted molar refractivity (Wildman–Crippen MR) is 137 cm³/mol. The lowest BCUT2D eigenvalue weighted by Crippen LogP contribution is -2.27. The van der Waals surface area contributed by atoms with Crippen LogP contribution in [0.2, 0.25) is 5.15 Å². The number of nitrogens with zero attached hydrogens (tertiary/aromatic N) is 1. The average Bonchev–Trinajstić information content (AvgIpc) is 3.47. The van der Waals surface area contributed by atoms with Gasteiger partial charge in [-0.25, -0.2) is 13.4 Å². The van der Waals surface area contributed by atoms with Crippen LogP contribution in [0.3, 0.4) is 0 Å². The second kappa shape index (κ2) is 8.36. The van der Waals surface area contributed by atoms with Crippen molar-refractivity contribution >= 4 is 54.5 Å². The number of hydrogen-bond acceptors (Lipinski definition) is 6. The van der Waals surface area contributed by atoms with E-state index in [0.717, 1.165) is 22.9 Å². The monoisotopic (exact) mass is 516 g/mol. The standard InChI is InChI=1S/C25H25ClN2O4S2/c1-25(2,34(3,30)31)17-6-7-20-16(10-17)11-21(33-20)24(29)27-18-12-22(26)28-23(13-18)32-19-9-14-4-5-15(19)8-14/h4-7,10-15,19H,8-9H2,1-3H3,(H,27,28,29). The lowest BCUT2D eigenvalue weighted by atomic mass is 10.0. The first-order valence-corrected chi connectivity index (χ1v) is 14.2. The van der Waals surface area contributed by atoms with E-state index in [1.165, 1.54) is 17.6 Å². The highest BCUT2D eigenvalue weighted by atomic mass is 35.5. The van der Waals surface area contributed by atoms with E-state index in [1.54, 1.807) is 38.1 Å². The maximum Gasteiger partial charge on any atom is 0.265 e. The van der Waals surface area contributed by atoms with Gasteiger partial charge in [-0.2, -0.15) is 0 Å². The fourth-order valence-corrected chi connectivity index (χ4v) is 6.26. The number of carbonyl (C=O) groups excluding carboxylic acids is 1. The van der Waals surface area contributed by atoms with Crippen LogP contribution in [0, 0.1) is 11.8 Å². The molecule has 0 spiro atoms. The first-order valence-electron chi connectivity index (χ1n) is 11.1. The Labute approximate surface area is 207 Å². The molecule has 2 aliphatic rings. The Balaban J connectivity index is 1.35. The molecule has 1 saturated carbocycles. The van der Waals surface area contributed by atoms with Crippen LogP contribution < -0.4 is 10.1 Å².